The Balaban J connectivity index is 2.08. The van der Waals surface area contributed by atoms with Crippen LogP contribution < -0.4 is 4.90 Å². The minimum atomic E-state index is 0.0382. The van der Waals surface area contributed by atoms with Gasteiger partial charge in [0.15, 0.2) is 0 Å². The molecule has 1 aromatic heterocycles. The molecule has 0 bridgehead atoms. The van der Waals surface area contributed by atoms with Crippen LogP contribution in [0, 0.1) is 0 Å². The van der Waals surface area contributed by atoms with E-state index in [0.29, 0.717) is 6.61 Å². The molecule has 0 saturated carbocycles. The topological polar surface area (TPSA) is 45.6 Å². The average molecular weight is 290 g/mol. The number of hydrogen-bond donors (Lipinski definition) is 1. The Hall–Kier alpha value is -1.13. The third-order valence-electron chi connectivity index (χ3n) is 4.59. The molecule has 0 spiro atoms. The Morgan fingerprint density at radius 1 is 1.43 bits per heavy atom. The summed E-state index contributed by atoms with van der Waals surface area (Å²) in [7, 11) is 0. The van der Waals surface area contributed by atoms with Crippen molar-refractivity contribution in [2.45, 2.75) is 58.1 Å². The lowest BCUT2D eigenvalue weighted by molar-refractivity contribution is 0.110. The van der Waals surface area contributed by atoms with Crippen LogP contribution in [0.2, 0.25) is 0 Å². The second kappa shape index (κ2) is 5.58. The van der Waals surface area contributed by atoms with E-state index in [1.54, 1.807) is 0 Å². The highest BCUT2D eigenvalue weighted by molar-refractivity contribution is 5.54. The second-order valence-corrected chi connectivity index (χ2v) is 7.19. The molecule has 4 heteroatoms. The van der Waals surface area contributed by atoms with E-state index in [4.69, 9.17) is 9.72 Å². The Kier molecular flexibility index (Phi) is 3.93. The first-order chi connectivity index (χ1) is 10.0. The zero-order chi connectivity index (χ0) is 15.0. The van der Waals surface area contributed by atoms with Gasteiger partial charge in [0.25, 0.3) is 0 Å². The lowest BCUT2D eigenvalue weighted by Gasteiger charge is -2.31. The number of aliphatic hydroxyl groups excluding tert-OH is 1. The molecule has 1 aromatic rings. The number of pyridine rings is 1. The van der Waals surface area contributed by atoms with Crippen molar-refractivity contribution in [3.05, 3.63) is 22.9 Å². The SMILES string of the molecule is CC(C)(C)c1cc2c(c(N3CCCC3CO)n1)COCC2. The quantitative estimate of drug-likeness (QED) is 0.908. The van der Waals surface area contributed by atoms with Gasteiger partial charge in [-0.15, -0.1) is 0 Å². The Bertz CT molecular complexity index is 522. The summed E-state index contributed by atoms with van der Waals surface area (Å²) in [5.41, 5.74) is 3.78. The van der Waals surface area contributed by atoms with Crippen molar-refractivity contribution in [1.29, 1.82) is 0 Å². The molecule has 0 aromatic carbocycles. The van der Waals surface area contributed by atoms with Gasteiger partial charge in [0.2, 0.25) is 0 Å². The molecule has 0 amide bonds. The maximum absolute atomic E-state index is 9.63. The Morgan fingerprint density at radius 2 is 2.24 bits per heavy atom. The molecule has 1 unspecified atom stereocenters. The molecule has 0 radical (unpaired) electrons. The van der Waals surface area contributed by atoms with Crippen LogP contribution in [0.4, 0.5) is 5.82 Å². The summed E-state index contributed by atoms with van der Waals surface area (Å²) in [6.45, 7) is 9.25. The Morgan fingerprint density at radius 3 is 2.95 bits per heavy atom. The molecular formula is C17H26N2O2. The van der Waals surface area contributed by atoms with E-state index in [1.807, 2.05) is 0 Å². The molecule has 1 fully saturated rings. The fourth-order valence-electron chi connectivity index (χ4n) is 3.27. The Labute approximate surface area is 127 Å². The maximum Gasteiger partial charge on any atom is 0.135 e. The molecular weight excluding hydrogens is 264 g/mol. The highest BCUT2D eigenvalue weighted by atomic mass is 16.5. The zero-order valence-electron chi connectivity index (χ0n) is 13.4. The van der Waals surface area contributed by atoms with Gasteiger partial charge in [-0.2, -0.15) is 0 Å². The third kappa shape index (κ3) is 2.79. The fraction of sp³-hybridized carbons (Fsp3) is 0.706. The standard InChI is InChI=1S/C17H26N2O2/c1-17(2,3)15-9-12-6-8-21-11-14(12)16(18-15)19-7-4-5-13(19)10-20/h9,13,20H,4-8,10-11H2,1-3H3. The van der Waals surface area contributed by atoms with Crippen LogP contribution in [-0.4, -0.2) is 35.9 Å². The van der Waals surface area contributed by atoms with Crippen LogP contribution in [0.3, 0.4) is 0 Å². The molecule has 0 aliphatic carbocycles. The number of anilines is 1. The number of aliphatic hydroxyl groups is 1. The van der Waals surface area contributed by atoms with Gasteiger partial charge in [-0.3, -0.25) is 0 Å². The van der Waals surface area contributed by atoms with Crippen molar-refractivity contribution in [3.63, 3.8) is 0 Å². The van der Waals surface area contributed by atoms with Gasteiger partial charge in [0.05, 0.1) is 25.9 Å². The molecule has 1 atom stereocenters. The summed E-state index contributed by atoms with van der Waals surface area (Å²) in [5.74, 6) is 1.05. The van der Waals surface area contributed by atoms with E-state index in [9.17, 15) is 5.11 Å². The van der Waals surface area contributed by atoms with Gasteiger partial charge in [0, 0.05) is 23.2 Å². The summed E-state index contributed by atoms with van der Waals surface area (Å²) in [6.07, 6.45) is 3.14. The number of nitrogens with zero attached hydrogens (tertiary/aromatic N) is 2. The molecule has 1 saturated heterocycles. The normalized spacial score (nSPS) is 22.5. The minimum Gasteiger partial charge on any atom is -0.394 e. The van der Waals surface area contributed by atoms with Crippen LogP contribution >= 0.6 is 0 Å². The maximum atomic E-state index is 9.63. The van der Waals surface area contributed by atoms with Crippen LogP contribution in [0.1, 0.15) is 50.4 Å². The summed E-state index contributed by atoms with van der Waals surface area (Å²) < 4.78 is 5.66. The molecule has 1 N–H and O–H groups in total. The minimum absolute atomic E-state index is 0.0382. The van der Waals surface area contributed by atoms with Gasteiger partial charge < -0.3 is 14.7 Å². The first-order valence-corrected chi connectivity index (χ1v) is 7.99. The van der Waals surface area contributed by atoms with Gasteiger partial charge >= 0.3 is 0 Å². The highest BCUT2D eigenvalue weighted by Gasteiger charge is 2.30. The zero-order valence-corrected chi connectivity index (χ0v) is 13.4. The van der Waals surface area contributed by atoms with Gasteiger partial charge in [-0.05, 0) is 30.9 Å². The molecule has 2 aliphatic rings. The molecule has 3 heterocycles. The molecule has 21 heavy (non-hydrogen) atoms. The number of hydrogen-bond acceptors (Lipinski definition) is 4. The van der Waals surface area contributed by atoms with Crippen molar-refractivity contribution >= 4 is 5.82 Å². The van der Waals surface area contributed by atoms with Gasteiger partial charge in [-0.1, -0.05) is 20.8 Å². The van der Waals surface area contributed by atoms with E-state index in [1.165, 1.54) is 11.1 Å². The summed E-state index contributed by atoms with van der Waals surface area (Å²) >= 11 is 0. The molecule has 116 valence electrons. The van der Waals surface area contributed by atoms with E-state index < -0.39 is 0 Å². The van der Waals surface area contributed by atoms with E-state index in [0.717, 1.165) is 43.9 Å². The number of rotatable bonds is 2. The van der Waals surface area contributed by atoms with E-state index >= 15 is 0 Å². The van der Waals surface area contributed by atoms with E-state index in [2.05, 4.69) is 31.7 Å². The summed E-state index contributed by atoms with van der Waals surface area (Å²) in [6, 6.07) is 2.46. The van der Waals surface area contributed by atoms with Crippen molar-refractivity contribution in [2.24, 2.45) is 0 Å². The fourth-order valence-corrected chi connectivity index (χ4v) is 3.27. The molecule has 3 rings (SSSR count). The lowest BCUT2D eigenvalue weighted by Crippen LogP contribution is -2.35. The van der Waals surface area contributed by atoms with Gasteiger partial charge in [-0.25, -0.2) is 4.98 Å². The van der Waals surface area contributed by atoms with E-state index in [-0.39, 0.29) is 18.1 Å². The third-order valence-corrected chi connectivity index (χ3v) is 4.59. The predicted octanol–water partition coefficient (Wildman–Crippen LogP) is 2.41. The first kappa shape index (κ1) is 14.8. The van der Waals surface area contributed by atoms with Crippen molar-refractivity contribution in [3.8, 4) is 0 Å². The van der Waals surface area contributed by atoms with Gasteiger partial charge in [0.1, 0.15) is 5.82 Å². The number of aromatic nitrogens is 1. The van der Waals surface area contributed by atoms with Crippen molar-refractivity contribution in [2.75, 3.05) is 24.7 Å². The smallest absolute Gasteiger partial charge is 0.135 e. The predicted molar refractivity (Wildman–Crippen MR) is 83.8 cm³/mol. The monoisotopic (exact) mass is 290 g/mol. The average Bonchev–Trinajstić information content (AvgIpc) is 2.93. The second-order valence-electron chi connectivity index (χ2n) is 7.19. The van der Waals surface area contributed by atoms with Crippen molar-refractivity contribution in [1.82, 2.24) is 4.98 Å². The summed E-state index contributed by atoms with van der Waals surface area (Å²) in [5, 5.41) is 9.63. The lowest BCUT2D eigenvalue weighted by atomic mass is 9.89. The number of fused-ring (bicyclic) bond motifs is 1. The summed E-state index contributed by atoms with van der Waals surface area (Å²) in [4.78, 5) is 7.27. The van der Waals surface area contributed by atoms with Crippen LogP contribution in [-0.2, 0) is 23.2 Å². The number of ether oxygens (including phenoxy) is 1. The van der Waals surface area contributed by atoms with Crippen LogP contribution in [0.5, 0.6) is 0 Å². The highest BCUT2D eigenvalue weighted by Crippen LogP contribution is 2.34. The molecule has 4 nitrogen and oxygen atoms in total. The molecule has 2 aliphatic heterocycles. The van der Waals surface area contributed by atoms with Crippen LogP contribution in [0.15, 0.2) is 6.07 Å². The largest absolute Gasteiger partial charge is 0.394 e. The van der Waals surface area contributed by atoms with Crippen LogP contribution in [0.25, 0.3) is 0 Å². The van der Waals surface area contributed by atoms with Crippen molar-refractivity contribution < 1.29 is 9.84 Å². The first-order valence-electron chi connectivity index (χ1n) is 7.99.